The molecule has 0 heterocycles. The first-order valence-electron chi connectivity index (χ1n) is 5.65. The fourth-order valence-electron chi connectivity index (χ4n) is 2.10. The Bertz CT molecular complexity index is 448. The van der Waals surface area contributed by atoms with Gasteiger partial charge in [0.2, 0.25) is 0 Å². The zero-order valence-electron chi connectivity index (χ0n) is 9.43. The van der Waals surface area contributed by atoms with Gasteiger partial charge in [0.1, 0.15) is 5.75 Å². The van der Waals surface area contributed by atoms with Crippen molar-refractivity contribution in [1.29, 1.82) is 0 Å². The van der Waals surface area contributed by atoms with Crippen molar-refractivity contribution in [3.8, 4) is 5.75 Å². The van der Waals surface area contributed by atoms with E-state index in [9.17, 15) is 5.11 Å². The van der Waals surface area contributed by atoms with Gasteiger partial charge in [-0.05, 0) is 18.1 Å². The fourth-order valence-corrected chi connectivity index (χ4v) is 2.10. The lowest BCUT2D eigenvalue weighted by atomic mass is 9.89. The number of hydrogen-bond acceptors (Lipinski definition) is 1. The largest absolute Gasteiger partial charge is 0.508 e. The highest BCUT2D eigenvalue weighted by molar-refractivity contribution is 5.40. The molecule has 0 radical (unpaired) electrons. The first kappa shape index (κ1) is 10.7. The second-order valence-electron chi connectivity index (χ2n) is 3.93. The second-order valence-corrected chi connectivity index (χ2v) is 3.93. The highest BCUT2D eigenvalue weighted by Gasteiger charge is 2.14. The van der Waals surface area contributed by atoms with Gasteiger partial charge in [-0.25, -0.2) is 0 Å². The fraction of sp³-hybridized carbons (Fsp3) is 0.200. The maximum Gasteiger partial charge on any atom is 0.119 e. The molecule has 2 rings (SSSR count). The first-order chi connectivity index (χ1) is 7.83. The lowest BCUT2D eigenvalue weighted by Gasteiger charge is -2.16. The Morgan fingerprint density at radius 2 is 1.56 bits per heavy atom. The van der Waals surface area contributed by atoms with Gasteiger partial charge in [0.05, 0.1) is 0 Å². The van der Waals surface area contributed by atoms with Crippen molar-refractivity contribution in [3.63, 3.8) is 0 Å². The summed E-state index contributed by atoms with van der Waals surface area (Å²) in [7, 11) is 0. The van der Waals surface area contributed by atoms with E-state index in [2.05, 4.69) is 19.1 Å². The van der Waals surface area contributed by atoms with Crippen molar-refractivity contribution in [3.05, 3.63) is 65.7 Å². The summed E-state index contributed by atoms with van der Waals surface area (Å²) >= 11 is 0. The number of para-hydroxylation sites is 1. The summed E-state index contributed by atoms with van der Waals surface area (Å²) in [6, 6.07) is 17.9. The van der Waals surface area contributed by atoms with Crippen molar-refractivity contribution >= 4 is 0 Å². The molecule has 16 heavy (non-hydrogen) atoms. The molecule has 1 atom stereocenters. The molecule has 0 spiro atoms. The summed E-state index contributed by atoms with van der Waals surface area (Å²) in [4.78, 5) is 0. The topological polar surface area (TPSA) is 20.2 Å². The molecule has 0 aliphatic carbocycles. The molecule has 0 fully saturated rings. The molecule has 2 aromatic rings. The second kappa shape index (κ2) is 4.84. The van der Waals surface area contributed by atoms with E-state index in [1.54, 1.807) is 6.07 Å². The van der Waals surface area contributed by atoms with Crippen LogP contribution in [-0.4, -0.2) is 5.11 Å². The Balaban J connectivity index is 2.41. The maximum atomic E-state index is 9.87. The van der Waals surface area contributed by atoms with Crippen LogP contribution in [0.2, 0.25) is 0 Å². The van der Waals surface area contributed by atoms with E-state index >= 15 is 0 Å². The van der Waals surface area contributed by atoms with Crippen LogP contribution in [0.5, 0.6) is 5.75 Å². The Labute approximate surface area is 96.4 Å². The number of hydrogen-bond donors (Lipinski definition) is 1. The van der Waals surface area contributed by atoms with Crippen molar-refractivity contribution in [1.82, 2.24) is 0 Å². The molecule has 1 heteroatoms. The highest BCUT2D eigenvalue weighted by atomic mass is 16.3. The predicted molar refractivity (Wildman–Crippen MR) is 66.7 cm³/mol. The van der Waals surface area contributed by atoms with Gasteiger partial charge in [0.15, 0.2) is 0 Å². The van der Waals surface area contributed by atoms with Crippen LogP contribution < -0.4 is 0 Å². The van der Waals surface area contributed by atoms with E-state index in [0.717, 1.165) is 12.0 Å². The average molecular weight is 212 g/mol. The van der Waals surface area contributed by atoms with Crippen LogP contribution in [0.1, 0.15) is 30.4 Å². The van der Waals surface area contributed by atoms with Crippen molar-refractivity contribution in [2.24, 2.45) is 0 Å². The Morgan fingerprint density at radius 1 is 0.938 bits per heavy atom. The van der Waals surface area contributed by atoms with Gasteiger partial charge in [-0.3, -0.25) is 0 Å². The molecular weight excluding hydrogens is 196 g/mol. The molecule has 0 amide bonds. The quantitative estimate of drug-likeness (QED) is 0.817. The molecule has 0 aliphatic heterocycles. The van der Waals surface area contributed by atoms with Gasteiger partial charge in [-0.1, -0.05) is 55.5 Å². The number of phenols is 1. The van der Waals surface area contributed by atoms with E-state index in [1.807, 2.05) is 36.4 Å². The first-order valence-corrected chi connectivity index (χ1v) is 5.65. The molecule has 0 aromatic heterocycles. The van der Waals surface area contributed by atoms with Gasteiger partial charge < -0.3 is 5.11 Å². The SMILES string of the molecule is CCC(c1ccccc1)c1ccccc1O. The Morgan fingerprint density at radius 3 is 2.19 bits per heavy atom. The lowest BCUT2D eigenvalue weighted by Crippen LogP contribution is -1.99. The van der Waals surface area contributed by atoms with Gasteiger partial charge in [0, 0.05) is 11.5 Å². The molecule has 1 unspecified atom stereocenters. The van der Waals surface area contributed by atoms with Crippen LogP contribution in [0.15, 0.2) is 54.6 Å². The predicted octanol–water partition coefficient (Wildman–Crippen LogP) is 3.93. The van der Waals surface area contributed by atoms with Gasteiger partial charge in [0.25, 0.3) is 0 Å². The van der Waals surface area contributed by atoms with Crippen molar-refractivity contribution in [2.45, 2.75) is 19.3 Å². The van der Waals surface area contributed by atoms with Crippen LogP contribution in [0.4, 0.5) is 0 Å². The zero-order valence-corrected chi connectivity index (χ0v) is 9.43. The molecule has 0 saturated heterocycles. The van der Waals surface area contributed by atoms with E-state index < -0.39 is 0 Å². The summed E-state index contributed by atoms with van der Waals surface area (Å²) in [5.41, 5.74) is 2.27. The smallest absolute Gasteiger partial charge is 0.119 e. The maximum absolute atomic E-state index is 9.87. The summed E-state index contributed by atoms with van der Waals surface area (Å²) < 4.78 is 0. The minimum atomic E-state index is 0.280. The molecule has 0 saturated carbocycles. The van der Waals surface area contributed by atoms with Gasteiger partial charge in [-0.15, -0.1) is 0 Å². The van der Waals surface area contributed by atoms with Crippen LogP contribution in [0, 0.1) is 0 Å². The monoisotopic (exact) mass is 212 g/mol. The summed E-state index contributed by atoms with van der Waals surface area (Å²) in [5, 5.41) is 9.87. The third-order valence-corrected chi connectivity index (χ3v) is 2.92. The molecule has 82 valence electrons. The summed E-state index contributed by atoms with van der Waals surface area (Å²) in [6.07, 6.45) is 0.988. The molecule has 2 aromatic carbocycles. The number of phenolic OH excluding ortho intramolecular Hbond substituents is 1. The normalized spacial score (nSPS) is 12.3. The van der Waals surface area contributed by atoms with Gasteiger partial charge in [-0.2, -0.15) is 0 Å². The van der Waals surface area contributed by atoms with Gasteiger partial charge >= 0.3 is 0 Å². The minimum absolute atomic E-state index is 0.280. The molecular formula is C15H16O. The summed E-state index contributed by atoms with van der Waals surface area (Å²) in [6.45, 7) is 2.14. The number of rotatable bonds is 3. The summed E-state index contributed by atoms with van der Waals surface area (Å²) in [5.74, 6) is 0.667. The van der Waals surface area contributed by atoms with Crippen LogP contribution in [-0.2, 0) is 0 Å². The molecule has 0 aliphatic rings. The zero-order chi connectivity index (χ0) is 11.4. The molecule has 1 N–H and O–H groups in total. The molecule has 1 nitrogen and oxygen atoms in total. The van der Waals surface area contributed by atoms with Crippen molar-refractivity contribution < 1.29 is 5.11 Å². The standard InChI is InChI=1S/C15H16O/c1-2-13(12-8-4-3-5-9-12)14-10-6-7-11-15(14)16/h3-11,13,16H,2H2,1H3. The minimum Gasteiger partial charge on any atom is -0.508 e. The van der Waals surface area contributed by atoms with E-state index in [-0.39, 0.29) is 5.92 Å². The van der Waals surface area contributed by atoms with Crippen LogP contribution in [0.25, 0.3) is 0 Å². The number of aromatic hydroxyl groups is 1. The van der Waals surface area contributed by atoms with E-state index in [1.165, 1.54) is 5.56 Å². The van der Waals surface area contributed by atoms with Crippen molar-refractivity contribution in [2.75, 3.05) is 0 Å². The lowest BCUT2D eigenvalue weighted by molar-refractivity contribution is 0.464. The third-order valence-electron chi connectivity index (χ3n) is 2.92. The third kappa shape index (κ3) is 2.08. The number of benzene rings is 2. The van der Waals surface area contributed by atoms with E-state index in [0.29, 0.717) is 5.75 Å². The van der Waals surface area contributed by atoms with E-state index in [4.69, 9.17) is 0 Å². The molecule has 0 bridgehead atoms. The average Bonchev–Trinajstić information content (AvgIpc) is 2.34. The Kier molecular flexibility index (Phi) is 3.25. The highest BCUT2D eigenvalue weighted by Crippen LogP contribution is 2.33. The van der Waals surface area contributed by atoms with Crippen LogP contribution >= 0.6 is 0 Å². The van der Waals surface area contributed by atoms with Crippen LogP contribution in [0.3, 0.4) is 0 Å². The Hall–Kier alpha value is -1.76.